The summed E-state index contributed by atoms with van der Waals surface area (Å²) in [5.74, 6) is 0.976. The van der Waals surface area contributed by atoms with Gasteiger partial charge >= 0.3 is 6.09 Å². The summed E-state index contributed by atoms with van der Waals surface area (Å²) in [5.41, 5.74) is 0.468. The van der Waals surface area contributed by atoms with Crippen LogP contribution in [0.1, 0.15) is 31.1 Å². The first kappa shape index (κ1) is 15.2. The van der Waals surface area contributed by atoms with Gasteiger partial charge in [0.25, 0.3) is 0 Å². The van der Waals surface area contributed by atoms with Crippen LogP contribution in [0.4, 0.5) is 4.79 Å². The highest BCUT2D eigenvalue weighted by atomic mass is 16.7. The number of carbonyl (C=O) groups excluding carboxylic acids is 2. The third-order valence-corrected chi connectivity index (χ3v) is 3.24. The summed E-state index contributed by atoms with van der Waals surface area (Å²) < 4.78 is 15.5. The quantitative estimate of drug-likeness (QED) is 0.798. The largest absolute Gasteiger partial charge is 0.454 e. The van der Waals surface area contributed by atoms with E-state index in [2.05, 4.69) is 0 Å². The van der Waals surface area contributed by atoms with Crippen LogP contribution in [-0.2, 0) is 4.74 Å². The van der Waals surface area contributed by atoms with Gasteiger partial charge < -0.3 is 19.1 Å². The number of ether oxygens (including phenoxy) is 3. The van der Waals surface area contributed by atoms with Gasteiger partial charge in [-0.15, -0.1) is 0 Å². The third kappa shape index (κ3) is 3.26. The summed E-state index contributed by atoms with van der Waals surface area (Å²) in [5, 5.41) is 0. The molecule has 0 saturated heterocycles. The fourth-order valence-corrected chi connectivity index (χ4v) is 1.91. The molecule has 0 radical (unpaired) electrons. The first-order valence-corrected chi connectivity index (χ1v) is 6.77. The van der Waals surface area contributed by atoms with E-state index in [1.165, 1.54) is 4.90 Å². The lowest BCUT2D eigenvalue weighted by Gasteiger charge is -2.24. The summed E-state index contributed by atoms with van der Waals surface area (Å²) >= 11 is 0. The monoisotopic (exact) mass is 293 g/mol. The van der Waals surface area contributed by atoms with Crippen LogP contribution in [0.2, 0.25) is 0 Å². The van der Waals surface area contributed by atoms with Crippen LogP contribution in [0.5, 0.6) is 11.5 Å². The molecule has 21 heavy (non-hydrogen) atoms. The van der Waals surface area contributed by atoms with Gasteiger partial charge in [0.2, 0.25) is 6.79 Å². The molecule has 1 aromatic carbocycles. The molecule has 0 saturated carbocycles. The van der Waals surface area contributed by atoms with Crippen molar-refractivity contribution in [1.29, 1.82) is 0 Å². The normalized spacial score (nSPS) is 14.0. The summed E-state index contributed by atoms with van der Waals surface area (Å²) in [7, 11) is 1.54. The Hall–Kier alpha value is -2.24. The first-order valence-electron chi connectivity index (χ1n) is 6.77. The van der Waals surface area contributed by atoms with Crippen LogP contribution in [0.25, 0.3) is 0 Å². The molecular formula is C15H19NO5. The lowest BCUT2D eigenvalue weighted by atomic mass is 10.0. The van der Waals surface area contributed by atoms with E-state index in [1.54, 1.807) is 46.0 Å². The minimum Gasteiger partial charge on any atom is -0.454 e. The van der Waals surface area contributed by atoms with Crippen LogP contribution in [0, 0.1) is 0 Å². The highest BCUT2D eigenvalue weighted by Crippen LogP contribution is 2.32. The van der Waals surface area contributed by atoms with Crippen LogP contribution < -0.4 is 9.47 Å². The van der Waals surface area contributed by atoms with Crippen molar-refractivity contribution in [2.24, 2.45) is 0 Å². The molecule has 6 heteroatoms. The maximum atomic E-state index is 12.4. The zero-order chi connectivity index (χ0) is 15.6. The molecule has 0 aliphatic carbocycles. The molecule has 114 valence electrons. The number of likely N-dealkylation sites (N-methyl/N-ethyl adjacent to an activating group) is 1. The Labute approximate surface area is 123 Å². The third-order valence-electron chi connectivity index (χ3n) is 3.24. The van der Waals surface area contributed by atoms with Gasteiger partial charge in [0.15, 0.2) is 17.3 Å². The Balaban J connectivity index is 2.10. The van der Waals surface area contributed by atoms with E-state index < -0.39 is 12.1 Å². The van der Waals surface area contributed by atoms with Gasteiger partial charge in [0.1, 0.15) is 0 Å². The average Bonchev–Trinajstić information content (AvgIpc) is 2.91. The van der Waals surface area contributed by atoms with Crippen molar-refractivity contribution in [3.8, 4) is 11.5 Å². The summed E-state index contributed by atoms with van der Waals surface area (Å²) in [4.78, 5) is 25.5. The molecule has 1 heterocycles. The molecular weight excluding hydrogens is 274 g/mol. The van der Waals surface area contributed by atoms with Gasteiger partial charge in [-0.3, -0.25) is 4.79 Å². The van der Waals surface area contributed by atoms with E-state index in [0.717, 1.165) is 0 Å². The number of rotatable bonds is 4. The predicted octanol–water partition coefficient (Wildman–Crippen LogP) is 2.46. The molecule has 1 atom stereocenters. The number of amides is 1. The minimum absolute atomic E-state index is 0.156. The van der Waals surface area contributed by atoms with Gasteiger partial charge in [-0.25, -0.2) is 4.79 Å². The first-order chi connectivity index (χ1) is 9.90. The number of Topliss-reactive ketones (excluding diaryl/α,β-unsaturated/α-hetero) is 1. The highest BCUT2D eigenvalue weighted by molar-refractivity contribution is 6.01. The highest BCUT2D eigenvalue weighted by Gasteiger charge is 2.26. The summed E-state index contributed by atoms with van der Waals surface area (Å²) in [6.07, 6.45) is -0.751. The number of nitrogens with zero attached hydrogens (tertiary/aromatic N) is 1. The zero-order valence-corrected chi connectivity index (χ0v) is 12.6. The molecule has 1 aliphatic rings. The molecule has 0 bridgehead atoms. The Bertz CT molecular complexity index is 555. The predicted molar refractivity (Wildman–Crippen MR) is 75.7 cm³/mol. The summed E-state index contributed by atoms with van der Waals surface area (Å²) in [6.45, 7) is 5.34. The number of hydrogen-bond donors (Lipinski definition) is 0. The number of ketones is 1. The van der Waals surface area contributed by atoms with Crippen molar-refractivity contribution in [1.82, 2.24) is 4.90 Å². The molecule has 1 unspecified atom stereocenters. The Morgan fingerprint density at radius 1 is 1.19 bits per heavy atom. The number of benzene rings is 1. The minimum atomic E-state index is -0.628. The van der Waals surface area contributed by atoms with Crippen LogP contribution in [0.3, 0.4) is 0 Å². The smallest absolute Gasteiger partial charge is 0.410 e. The topological polar surface area (TPSA) is 65.1 Å². The van der Waals surface area contributed by atoms with Gasteiger partial charge in [0.05, 0.1) is 12.1 Å². The second kappa shape index (κ2) is 6.03. The van der Waals surface area contributed by atoms with Crippen LogP contribution >= 0.6 is 0 Å². The molecule has 2 rings (SSSR count). The number of carbonyl (C=O) groups is 2. The van der Waals surface area contributed by atoms with Gasteiger partial charge in [-0.2, -0.15) is 0 Å². The van der Waals surface area contributed by atoms with E-state index in [0.29, 0.717) is 17.1 Å². The Morgan fingerprint density at radius 3 is 2.52 bits per heavy atom. The summed E-state index contributed by atoms with van der Waals surface area (Å²) in [6, 6.07) is 4.35. The fraction of sp³-hybridized carbons (Fsp3) is 0.467. The maximum absolute atomic E-state index is 12.4. The van der Waals surface area contributed by atoms with Crippen molar-refractivity contribution in [3.05, 3.63) is 23.8 Å². The van der Waals surface area contributed by atoms with Crippen molar-refractivity contribution in [2.75, 3.05) is 13.8 Å². The molecule has 1 amide bonds. The molecule has 0 fully saturated rings. The van der Waals surface area contributed by atoms with Gasteiger partial charge in [-0.1, -0.05) is 0 Å². The molecule has 0 aromatic heterocycles. The van der Waals surface area contributed by atoms with Gasteiger partial charge in [0, 0.05) is 12.6 Å². The standard InChI is InChI=1S/C15H19NO5/c1-9(2)21-15(18)16(4)10(3)14(17)11-5-6-12-13(7-11)20-8-19-12/h5-7,9-10H,8H2,1-4H3. The van der Waals surface area contributed by atoms with Crippen LogP contribution in [-0.4, -0.2) is 42.8 Å². The molecule has 0 N–H and O–H groups in total. The molecule has 6 nitrogen and oxygen atoms in total. The number of fused-ring (bicyclic) bond motifs is 1. The van der Waals surface area contributed by atoms with Gasteiger partial charge in [-0.05, 0) is 39.0 Å². The average molecular weight is 293 g/mol. The Kier molecular flexibility index (Phi) is 4.35. The maximum Gasteiger partial charge on any atom is 0.410 e. The lowest BCUT2D eigenvalue weighted by Crippen LogP contribution is -2.41. The van der Waals surface area contributed by atoms with Crippen molar-refractivity contribution in [3.63, 3.8) is 0 Å². The Morgan fingerprint density at radius 2 is 1.86 bits per heavy atom. The van der Waals surface area contributed by atoms with Crippen molar-refractivity contribution >= 4 is 11.9 Å². The fourth-order valence-electron chi connectivity index (χ4n) is 1.91. The second-order valence-corrected chi connectivity index (χ2v) is 5.15. The second-order valence-electron chi connectivity index (χ2n) is 5.15. The van der Waals surface area contributed by atoms with E-state index in [4.69, 9.17) is 14.2 Å². The van der Waals surface area contributed by atoms with E-state index >= 15 is 0 Å². The van der Waals surface area contributed by atoms with E-state index in [9.17, 15) is 9.59 Å². The molecule has 1 aromatic rings. The molecule has 1 aliphatic heterocycles. The van der Waals surface area contributed by atoms with Crippen LogP contribution in [0.15, 0.2) is 18.2 Å². The van der Waals surface area contributed by atoms with Crippen molar-refractivity contribution in [2.45, 2.75) is 32.9 Å². The number of hydrogen-bond acceptors (Lipinski definition) is 5. The lowest BCUT2D eigenvalue weighted by molar-refractivity contribution is 0.0646. The van der Waals surface area contributed by atoms with E-state index in [1.807, 2.05) is 0 Å². The van der Waals surface area contributed by atoms with E-state index in [-0.39, 0.29) is 18.7 Å². The SMILES string of the molecule is CC(C)OC(=O)N(C)C(C)C(=O)c1ccc2c(c1)OCO2. The zero-order valence-electron chi connectivity index (χ0n) is 12.6. The molecule has 0 spiro atoms. The van der Waals surface area contributed by atoms with Crippen molar-refractivity contribution < 1.29 is 23.8 Å².